The predicted octanol–water partition coefficient (Wildman–Crippen LogP) is 4.69. The first-order chi connectivity index (χ1) is 12.4. The van der Waals surface area contributed by atoms with Crippen molar-refractivity contribution in [2.24, 2.45) is 29.1 Å². The molecule has 26 heavy (non-hydrogen) atoms. The molecule has 3 nitrogen and oxygen atoms in total. The van der Waals surface area contributed by atoms with Crippen molar-refractivity contribution in [3.63, 3.8) is 0 Å². The molecule has 3 N–H and O–H groups in total. The van der Waals surface area contributed by atoms with Crippen LogP contribution in [-0.2, 0) is 6.42 Å². The molecule has 140 valence electrons. The zero-order valence-corrected chi connectivity index (χ0v) is 15.8. The van der Waals surface area contributed by atoms with Crippen LogP contribution in [0.3, 0.4) is 0 Å². The van der Waals surface area contributed by atoms with Crippen molar-refractivity contribution in [2.75, 3.05) is 0 Å². The molecule has 0 bridgehead atoms. The summed E-state index contributed by atoms with van der Waals surface area (Å²) in [5.41, 5.74) is 1.80. The average molecular weight is 354 g/mol. The summed E-state index contributed by atoms with van der Waals surface area (Å²) >= 11 is 0. The minimum atomic E-state index is -0.833. The monoisotopic (exact) mass is 354 g/mol. The molecule has 2 saturated carbocycles. The average Bonchev–Trinajstić information content (AvgIpc) is 3.01. The number of hydrogen-bond acceptors (Lipinski definition) is 3. The molecule has 7 atom stereocenters. The molecule has 0 heterocycles. The van der Waals surface area contributed by atoms with Gasteiger partial charge in [0.1, 0.15) is 5.75 Å². The number of aliphatic hydroxyl groups excluding tert-OH is 1. The van der Waals surface area contributed by atoms with E-state index in [1.54, 1.807) is 6.08 Å². The first-order valence-corrected chi connectivity index (χ1v) is 10.3. The van der Waals surface area contributed by atoms with Gasteiger partial charge in [0.25, 0.3) is 0 Å². The van der Waals surface area contributed by atoms with Crippen LogP contribution in [-0.4, -0.2) is 20.9 Å². The molecule has 4 aliphatic carbocycles. The van der Waals surface area contributed by atoms with Gasteiger partial charge in [-0.05, 0) is 84.6 Å². The van der Waals surface area contributed by atoms with Gasteiger partial charge in [0, 0.05) is 11.8 Å². The summed E-state index contributed by atoms with van der Waals surface area (Å²) in [4.78, 5) is 0. The van der Waals surface area contributed by atoms with E-state index in [1.807, 2.05) is 12.1 Å². The van der Waals surface area contributed by atoms with Crippen LogP contribution in [0.15, 0.2) is 30.0 Å². The summed E-state index contributed by atoms with van der Waals surface area (Å²) in [6.07, 6.45) is 7.74. The van der Waals surface area contributed by atoms with E-state index in [4.69, 9.17) is 0 Å². The second-order valence-electron chi connectivity index (χ2n) is 9.60. The fourth-order valence-corrected chi connectivity index (χ4v) is 7.48. The van der Waals surface area contributed by atoms with Crippen LogP contribution in [0.25, 0.3) is 0 Å². The minimum absolute atomic E-state index is 0.134. The van der Waals surface area contributed by atoms with Crippen LogP contribution in [0.2, 0.25) is 0 Å². The quantitative estimate of drug-likeness (QED) is 0.686. The van der Waals surface area contributed by atoms with E-state index in [9.17, 15) is 15.3 Å². The van der Waals surface area contributed by atoms with Crippen molar-refractivity contribution in [1.82, 2.24) is 0 Å². The number of fused-ring (bicyclic) bond motifs is 7. The lowest BCUT2D eigenvalue weighted by Crippen LogP contribution is -2.52. The fourth-order valence-electron chi connectivity index (χ4n) is 7.48. The highest BCUT2D eigenvalue weighted by Crippen LogP contribution is 2.69. The maximum atomic E-state index is 11.6. The number of phenols is 1. The summed E-state index contributed by atoms with van der Waals surface area (Å²) in [6.45, 7) is 4.57. The topological polar surface area (TPSA) is 60.7 Å². The fraction of sp³-hybridized carbons (Fsp3) is 0.652. The summed E-state index contributed by atoms with van der Waals surface area (Å²) in [6, 6.07) is 5.96. The largest absolute Gasteiger partial charge is 0.513 e. The van der Waals surface area contributed by atoms with Crippen molar-refractivity contribution in [1.29, 1.82) is 0 Å². The van der Waals surface area contributed by atoms with Gasteiger partial charge in [0.15, 0.2) is 0 Å². The van der Waals surface area contributed by atoms with Crippen molar-refractivity contribution in [2.45, 2.75) is 63.9 Å². The SMILES string of the molecule is CC[C@@H]1Cc2cc(O)ccc2C2CC[C@@]3(C)C(C[C@H]4CC(O)=C[C@]43O)C21. The van der Waals surface area contributed by atoms with Crippen molar-refractivity contribution < 1.29 is 15.3 Å². The maximum Gasteiger partial charge on any atom is 0.115 e. The van der Waals surface area contributed by atoms with Gasteiger partial charge in [0.2, 0.25) is 0 Å². The number of benzene rings is 1. The Labute approximate surface area is 155 Å². The first-order valence-electron chi connectivity index (χ1n) is 10.3. The summed E-state index contributed by atoms with van der Waals surface area (Å²) in [7, 11) is 0. The third-order valence-electron chi connectivity index (χ3n) is 8.72. The second-order valence-corrected chi connectivity index (χ2v) is 9.60. The number of allylic oxidation sites excluding steroid dienone is 1. The Kier molecular flexibility index (Phi) is 3.39. The zero-order valence-electron chi connectivity index (χ0n) is 15.8. The molecule has 4 aliphatic rings. The molecule has 1 aromatic carbocycles. The molecule has 0 radical (unpaired) electrons. The van der Waals surface area contributed by atoms with Gasteiger partial charge in [-0.15, -0.1) is 0 Å². The third kappa shape index (κ3) is 1.93. The standard InChI is InChI=1S/C23H30O3/c1-3-13-8-14-9-16(24)4-5-18(14)19-6-7-22(2)20(21(13)19)11-15-10-17(25)12-23(15,22)26/h4-5,9,12-13,15,19-21,24-26H,3,6-8,10-11H2,1-2H3/t13-,15-,19?,20?,21?,22+,23+/m1/s1. The van der Waals surface area contributed by atoms with E-state index < -0.39 is 5.60 Å². The van der Waals surface area contributed by atoms with Gasteiger partial charge in [-0.3, -0.25) is 0 Å². The van der Waals surface area contributed by atoms with Crippen LogP contribution >= 0.6 is 0 Å². The lowest BCUT2D eigenvalue weighted by Gasteiger charge is -2.55. The van der Waals surface area contributed by atoms with Gasteiger partial charge in [-0.2, -0.15) is 0 Å². The van der Waals surface area contributed by atoms with Crippen molar-refractivity contribution in [3.8, 4) is 5.75 Å². The highest BCUT2D eigenvalue weighted by atomic mass is 16.3. The van der Waals surface area contributed by atoms with E-state index in [0.29, 0.717) is 41.6 Å². The lowest BCUT2D eigenvalue weighted by molar-refractivity contribution is -0.0902. The summed E-state index contributed by atoms with van der Waals surface area (Å²) in [5, 5.41) is 31.6. The molecule has 5 rings (SSSR count). The molecule has 0 amide bonds. The van der Waals surface area contributed by atoms with Gasteiger partial charge < -0.3 is 15.3 Å². The second kappa shape index (κ2) is 5.28. The highest BCUT2D eigenvalue weighted by Gasteiger charge is 2.67. The summed E-state index contributed by atoms with van der Waals surface area (Å²) < 4.78 is 0. The van der Waals surface area contributed by atoms with Crippen LogP contribution < -0.4 is 0 Å². The number of phenolic OH excluding ortho intramolecular Hbond substituents is 1. The van der Waals surface area contributed by atoms with Crippen molar-refractivity contribution in [3.05, 3.63) is 41.2 Å². The Hall–Kier alpha value is -1.48. The summed E-state index contributed by atoms with van der Waals surface area (Å²) in [5.74, 6) is 3.20. The first kappa shape index (κ1) is 16.7. The van der Waals surface area contributed by atoms with E-state index in [1.165, 1.54) is 11.1 Å². The smallest absolute Gasteiger partial charge is 0.115 e. The Morgan fingerprint density at radius 2 is 2.00 bits per heavy atom. The number of rotatable bonds is 1. The Bertz CT molecular complexity index is 784. The number of aromatic hydroxyl groups is 1. The predicted molar refractivity (Wildman–Crippen MR) is 101 cm³/mol. The van der Waals surface area contributed by atoms with Gasteiger partial charge in [-0.1, -0.05) is 26.3 Å². The van der Waals surface area contributed by atoms with E-state index in [2.05, 4.69) is 19.9 Å². The molecular weight excluding hydrogens is 324 g/mol. The number of aliphatic hydroxyl groups is 2. The van der Waals surface area contributed by atoms with Gasteiger partial charge in [0.05, 0.1) is 11.4 Å². The number of hydrogen-bond donors (Lipinski definition) is 3. The molecule has 2 fully saturated rings. The molecule has 1 aromatic rings. The van der Waals surface area contributed by atoms with Crippen LogP contribution in [0.4, 0.5) is 0 Å². The molecule has 0 spiro atoms. The molecule has 3 unspecified atom stereocenters. The molecule has 0 saturated heterocycles. The Morgan fingerprint density at radius 3 is 2.77 bits per heavy atom. The normalized spacial score (nSPS) is 46.1. The van der Waals surface area contributed by atoms with E-state index in [-0.39, 0.29) is 11.3 Å². The minimum Gasteiger partial charge on any atom is -0.513 e. The van der Waals surface area contributed by atoms with Crippen LogP contribution in [0.1, 0.15) is 63.0 Å². The molecule has 0 aliphatic heterocycles. The van der Waals surface area contributed by atoms with E-state index >= 15 is 0 Å². The van der Waals surface area contributed by atoms with Crippen LogP contribution in [0, 0.1) is 29.1 Å². The Morgan fingerprint density at radius 1 is 1.19 bits per heavy atom. The molecule has 0 aromatic heterocycles. The molecular formula is C23H30O3. The van der Waals surface area contributed by atoms with Crippen molar-refractivity contribution >= 4 is 0 Å². The maximum absolute atomic E-state index is 11.6. The molecule has 3 heteroatoms. The Balaban J connectivity index is 1.59. The van der Waals surface area contributed by atoms with Crippen LogP contribution in [0.5, 0.6) is 5.75 Å². The lowest BCUT2D eigenvalue weighted by atomic mass is 9.50. The van der Waals surface area contributed by atoms with E-state index in [0.717, 1.165) is 32.1 Å². The zero-order chi connectivity index (χ0) is 18.3. The highest BCUT2D eigenvalue weighted by molar-refractivity contribution is 5.41. The van der Waals surface area contributed by atoms with Gasteiger partial charge in [-0.25, -0.2) is 0 Å². The van der Waals surface area contributed by atoms with Gasteiger partial charge >= 0.3 is 0 Å². The third-order valence-corrected chi connectivity index (χ3v) is 8.72.